The first-order valence-corrected chi connectivity index (χ1v) is 10.6. The molecule has 0 saturated carbocycles. The van der Waals surface area contributed by atoms with Crippen molar-refractivity contribution in [2.45, 2.75) is 32.1 Å². The van der Waals surface area contributed by atoms with Crippen LogP contribution in [-0.2, 0) is 4.79 Å². The number of rotatable bonds is 4. The summed E-state index contributed by atoms with van der Waals surface area (Å²) in [6, 6.07) is 16.3. The highest BCUT2D eigenvalue weighted by atomic mass is 32.1. The van der Waals surface area contributed by atoms with Crippen molar-refractivity contribution in [3.05, 3.63) is 77.4 Å². The number of carbonyl (C=O) groups is 1. The zero-order valence-corrected chi connectivity index (χ0v) is 17.1. The lowest BCUT2D eigenvalue weighted by atomic mass is 9.97. The molecule has 0 aliphatic heterocycles. The Bertz CT molecular complexity index is 946. The Balaban J connectivity index is 1.34. The van der Waals surface area contributed by atoms with E-state index < -0.39 is 0 Å². The van der Waals surface area contributed by atoms with Crippen LogP contribution in [0.2, 0.25) is 0 Å². The zero-order valence-electron chi connectivity index (χ0n) is 16.3. The van der Waals surface area contributed by atoms with Crippen LogP contribution in [0.25, 0.3) is 16.7 Å². The maximum Gasteiger partial charge on any atom is 0.263 e. The van der Waals surface area contributed by atoms with Gasteiger partial charge in [0.25, 0.3) is 5.91 Å². The van der Waals surface area contributed by atoms with E-state index in [1.54, 1.807) is 6.08 Å². The molecule has 2 aliphatic rings. The van der Waals surface area contributed by atoms with Crippen molar-refractivity contribution in [3.8, 4) is 11.1 Å². The Kier molecular flexibility index (Phi) is 6.06. The van der Waals surface area contributed by atoms with Crippen molar-refractivity contribution in [1.29, 1.82) is 0 Å². The highest BCUT2D eigenvalue weighted by Gasteiger charge is 2.23. The number of allylic oxidation sites excluding steroid dienone is 1. The molecule has 0 saturated heterocycles. The zero-order chi connectivity index (χ0) is 20.1. The second-order valence-corrected chi connectivity index (χ2v) is 7.79. The Morgan fingerprint density at radius 1 is 0.931 bits per heavy atom. The van der Waals surface area contributed by atoms with Crippen molar-refractivity contribution in [2.24, 2.45) is 0 Å². The van der Waals surface area contributed by atoms with Gasteiger partial charge in [-0.05, 0) is 72.1 Å². The summed E-state index contributed by atoms with van der Waals surface area (Å²) >= 11 is 5.27. The number of fused-ring (bicyclic) bond motifs is 3. The summed E-state index contributed by atoms with van der Waals surface area (Å²) in [4.78, 5) is 12.5. The molecule has 29 heavy (non-hydrogen) atoms. The lowest BCUT2D eigenvalue weighted by Crippen LogP contribution is -2.46. The minimum absolute atomic E-state index is 0.231. The number of hydrazine groups is 1. The van der Waals surface area contributed by atoms with E-state index in [4.69, 9.17) is 12.2 Å². The number of amides is 1. The van der Waals surface area contributed by atoms with Gasteiger partial charge in [0.1, 0.15) is 0 Å². The molecule has 1 amide bonds. The second-order valence-electron chi connectivity index (χ2n) is 7.38. The topological polar surface area (TPSA) is 53.2 Å². The van der Waals surface area contributed by atoms with Crippen LogP contribution in [-0.4, -0.2) is 17.6 Å². The molecule has 2 aromatic carbocycles. The molecule has 4 rings (SSSR count). The van der Waals surface area contributed by atoms with Crippen LogP contribution in [0.4, 0.5) is 0 Å². The molecule has 3 N–H and O–H groups in total. The van der Waals surface area contributed by atoms with Crippen molar-refractivity contribution in [2.75, 3.05) is 6.54 Å². The van der Waals surface area contributed by atoms with E-state index in [1.165, 1.54) is 31.3 Å². The summed E-state index contributed by atoms with van der Waals surface area (Å²) in [5, 5.41) is 3.59. The normalized spacial score (nSPS) is 14.3. The largest absolute Gasteiger partial charge is 0.361 e. The molecule has 2 aromatic rings. The monoisotopic (exact) mass is 403 g/mol. The van der Waals surface area contributed by atoms with Gasteiger partial charge < -0.3 is 5.32 Å². The molecule has 0 radical (unpaired) electrons. The van der Waals surface area contributed by atoms with E-state index in [2.05, 4.69) is 34.4 Å². The van der Waals surface area contributed by atoms with Crippen LogP contribution in [0.1, 0.15) is 43.2 Å². The highest BCUT2D eigenvalue weighted by molar-refractivity contribution is 7.80. The Morgan fingerprint density at radius 3 is 2.21 bits per heavy atom. The summed E-state index contributed by atoms with van der Waals surface area (Å²) in [7, 11) is 0. The van der Waals surface area contributed by atoms with Gasteiger partial charge in [-0.3, -0.25) is 15.6 Å². The molecule has 148 valence electrons. The lowest BCUT2D eigenvalue weighted by Gasteiger charge is -2.14. The van der Waals surface area contributed by atoms with Gasteiger partial charge in [-0.1, -0.05) is 60.2 Å². The van der Waals surface area contributed by atoms with Crippen LogP contribution in [0.3, 0.4) is 0 Å². The first kappa shape index (κ1) is 19.4. The van der Waals surface area contributed by atoms with Crippen molar-refractivity contribution in [1.82, 2.24) is 16.2 Å². The molecule has 0 bridgehead atoms. The van der Waals surface area contributed by atoms with Gasteiger partial charge in [0.2, 0.25) is 0 Å². The minimum atomic E-state index is -0.231. The van der Waals surface area contributed by atoms with Crippen LogP contribution >= 0.6 is 12.2 Å². The smallest absolute Gasteiger partial charge is 0.263 e. The van der Waals surface area contributed by atoms with Gasteiger partial charge in [0.15, 0.2) is 5.11 Å². The van der Waals surface area contributed by atoms with Crippen molar-refractivity contribution >= 4 is 28.8 Å². The van der Waals surface area contributed by atoms with Gasteiger partial charge in [0, 0.05) is 12.6 Å². The standard InChI is InChI=1S/C24H25N3OS/c28-23(26-27-24(29)25-15-14-17-8-2-1-3-9-17)16-22-20-12-6-4-10-18(20)19-11-5-7-13-21(19)22/h4-8,10-13,16H,1-3,9,14-15H2,(H,26,28)(H2,25,27,29). The van der Waals surface area contributed by atoms with Gasteiger partial charge in [-0.15, -0.1) is 0 Å². The molecule has 2 aliphatic carbocycles. The maximum absolute atomic E-state index is 12.5. The van der Waals surface area contributed by atoms with Crippen LogP contribution in [0, 0.1) is 0 Å². The van der Waals surface area contributed by atoms with Crippen molar-refractivity contribution in [3.63, 3.8) is 0 Å². The molecule has 4 nitrogen and oxygen atoms in total. The Morgan fingerprint density at radius 2 is 1.59 bits per heavy atom. The van der Waals surface area contributed by atoms with E-state index in [1.807, 2.05) is 36.4 Å². The number of thiocarbonyl (C=S) groups is 1. The van der Waals surface area contributed by atoms with Crippen LogP contribution < -0.4 is 16.2 Å². The summed E-state index contributed by atoms with van der Waals surface area (Å²) in [5.41, 5.74) is 12.4. The molecule has 0 aromatic heterocycles. The first-order chi connectivity index (χ1) is 14.2. The number of hydrogen-bond donors (Lipinski definition) is 3. The second kappa shape index (κ2) is 9.05. The first-order valence-electron chi connectivity index (χ1n) is 10.1. The molecule has 0 fully saturated rings. The average molecular weight is 404 g/mol. The SMILES string of the molecule is O=C(C=C1c2ccccc2-c2ccccc21)NNC(=S)NCCC1=CCCCC1. The quantitative estimate of drug-likeness (QED) is 0.260. The molecule has 0 unspecified atom stereocenters. The fourth-order valence-corrected chi connectivity index (χ4v) is 4.16. The molecule has 5 heteroatoms. The summed E-state index contributed by atoms with van der Waals surface area (Å²) in [5.74, 6) is -0.231. The number of benzene rings is 2. The summed E-state index contributed by atoms with van der Waals surface area (Å²) < 4.78 is 0. The van der Waals surface area contributed by atoms with Gasteiger partial charge in [-0.2, -0.15) is 0 Å². The molecule has 0 spiro atoms. The summed E-state index contributed by atoms with van der Waals surface area (Å²) in [6.07, 6.45) is 9.93. The Hall–Kier alpha value is -2.92. The average Bonchev–Trinajstić information content (AvgIpc) is 3.07. The maximum atomic E-state index is 12.5. The minimum Gasteiger partial charge on any atom is -0.361 e. The van der Waals surface area contributed by atoms with E-state index in [0.29, 0.717) is 5.11 Å². The summed E-state index contributed by atoms with van der Waals surface area (Å²) in [6.45, 7) is 0.773. The number of hydrogen-bond acceptors (Lipinski definition) is 2. The third-order valence-electron chi connectivity index (χ3n) is 5.42. The van der Waals surface area contributed by atoms with Crippen molar-refractivity contribution < 1.29 is 4.79 Å². The predicted octanol–water partition coefficient (Wildman–Crippen LogP) is 4.48. The van der Waals surface area contributed by atoms with E-state index in [0.717, 1.165) is 40.8 Å². The van der Waals surface area contributed by atoms with Gasteiger partial charge >= 0.3 is 0 Å². The fraction of sp³-hybridized carbons (Fsp3) is 0.250. The highest BCUT2D eigenvalue weighted by Crippen LogP contribution is 2.43. The molecule has 0 atom stereocenters. The predicted molar refractivity (Wildman–Crippen MR) is 122 cm³/mol. The van der Waals surface area contributed by atoms with E-state index in [-0.39, 0.29) is 5.91 Å². The Labute approximate surface area is 177 Å². The molecule has 0 heterocycles. The third-order valence-corrected chi connectivity index (χ3v) is 5.66. The molecular weight excluding hydrogens is 378 g/mol. The fourth-order valence-electron chi connectivity index (χ4n) is 4.00. The van der Waals surface area contributed by atoms with E-state index in [9.17, 15) is 4.79 Å². The number of carbonyl (C=O) groups excluding carboxylic acids is 1. The van der Waals surface area contributed by atoms with Crippen LogP contribution in [0.15, 0.2) is 66.3 Å². The van der Waals surface area contributed by atoms with Gasteiger partial charge in [-0.25, -0.2) is 0 Å². The van der Waals surface area contributed by atoms with Gasteiger partial charge in [0.05, 0.1) is 0 Å². The van der Waals surface area contributed by atoms with E-state index >= 15 is 0 Å². The lowest BCUT2D eigenvalue weighted by molar-refractivity contribution is -0.117. The number of nitrogens with one attached hydrogen (secondary N) is 3. The van der Waals surface area contributed by atoms with Crippen LogP contribution in [0.5, 0.6) is 0 Å². The third kappa shape index (κ3) is 4.57. The molecular formula is C24H25N3OS.